The molecular weight excluding hydrogens is 242 g/mol. The van der Waals surface area contributed by atoms with Crippen molar-refractivity contribution >= 4 is 0 Å². The maximum absolute atomic E-state index is 5.89. The molecule has 0 spiro atoms. The minimum Gasteiger partial charge on any atom is -0.491 e. The van der Waals surface area contributed by atoms with Gasteiger partial charge in [-0.15, -0.1) is 0 Å². The van der Waals surface area contributed by atoms with E-state index in [2.05, 4.69) is 31.3 Å². The van der Waals surface area contributed by atoms with Crippen molar-refractivity contribution in [1.29, 1.82) is 0 Å². The van der Waals surface area contributed by atoms with Crippen LogP contribution in [0.5, 0.6) is 5.75 Å². The number of hydrogen-bond donors (Lipinski definition) is 1. The predicted molar refractivity (Wildman–Crippen MR) is 74.6 cm³/mol. The molecule has 0 saturated carbocycles. The van der Waals surface area contributed by atoms with Crippen LogP contribution in [0.2, 0.25) is 0 Å². The van der Waals surface area contributed by atoms with Crippen molar-refractivity contribution in [3.8, 4) is 5.75 Å². The van der Waals surface area contributed by atoms with E-state index < -0.39 is 0 Å². The Kier molecular flexibility index (Phi) is 4.80. The van der Waals surface area contributed by atoms with E-state index in [0.717, 1.165) is 18.9 Å². The summed E-state index contributed by atoms with van der Waals surface area (Å²) in [6, 6.07) is 8.09. The maximum Gasteiger partial charge on any atom is 0.119 e. The molecule has 1 aliphatic heterocycles. The van der Waals surface area contributed by atoms with Gasteiger partial charge in [0.25, 0.3) is 0 Å². The number of methoxy groups -OCH3 is 1. The lowest BCUT2D eigenvalue weighted by molar-refractivity contribution is -0.0229. The lowest BCUT2D eigenvalue weighted by atomic mass is 10.0. The number of hydrogen-bond acceptors (Lipinski definition) is 4. The molecule has 1 saturated heterocycles. The molecule has 1 aromatic rings. The van der Waals surface area contributed by atoms with E-state index in [1.54, 1.807) is 7.11 Å². The summed E-state index contributed by atoms with van der Waals surface area (Å²) in [5.74, 6) is 0.866. The normalized spacial score (nSPS) is 22.2. The number of ether oxygens (including phenoxy) is 3. The highest BCUT2D eigenvalue weighted by molar-refractivity contribution is 5.29. The minimum atomic E-state index is 0.0692. The molecule has 0 amide bonds. The summed E-state index contributed by atoms with van der Waals surface area (Å²) in [4.78, 5) is 0. The fraction of sp³-hybridized carbons (Fsp3) is 0.600. The molecule has 1 heterocycles. The first kappa shape index (κ1) is 14.3. The van der Waals surface area contributed by atoms with E-state index in [1.807, 2.05) is 12.1 Å². The number of benzene rings is 1. The highest BCUT2D eigenvalue weighted by atomic mass is 16.5. The van der Waals surface area contributed by atoms with Crippen LogP contribution in [0.4, 0.5) is 0 Å². The third kappa shape index (κ3) is 4.20. The average molecular weight is 265 g/mol. The van der Waals surface area contributed by atoms with Gasteiger partial charge in [-0.05, 0) is 31.5 Å². The molecule has 1 aromatic carbocycles. The molecule has 0 radical (unpaired) electrons. The Balaban J connectivity index is 1.88. The Morgan fingerprint density at radius 2 is 2.00 bits per heavy atom. The van der Waals surface area contributed by atoms with Crippen molar-refractivity contribution in [3.05, 3.63) is 29.8 Å². The van der Waals surface area contributed by atoms with E-state index in [9.17, 15) is 0 Å². The lowest BCUT2D eigenvalue weighted by Gasteiger charge is -2.36. The Labute approximate surface area is 115 Å². The van der Waals surface area contributed by atoms with E-state index in [0.29, 0.717) is 13.2 Å². The van der Waals surface area contributed by atoms with E-state index in [-0.39, 0.29) is 11.6 Å². The highest BCUT2D eigenvalue weighted by Crippen LogP contribution is 2.25. The first-order valence-corrected chi connectivity index (χ1v) is 6.69. The van der Waals surface area contributed by atoms with Crippen LogP contribution in [0, 0.1) is 0 Å². The monoisotopic (exact) mass is 265 g/mol. The summed E-state index contributed by atoms with van der Waals surface area (Å²) in [7, 11) is 1.67. The van der Waals surface area contributed by atoms with Gasteiger partial charge in [0, 0.05) is 19.2 Å². The molecule has 1 unspecified atom stereocenters. The van der Waals surface area contributed by atoms with Gasteiger partial charge in [-0.3, -0.25) is 0 Å². The SMILES string of the molecule is COCCOc1ccc(C2CNC(C)(C)CO2)cc1. The van der Waals surface area contributed by atoms with Gasteiger partial charge >= 0.3 is 0 Å². The van der Waals surface area contributed by atoms with Crippen LogP contribution < -0.4 is 10.1 Å². The van der Waals surface area contributed by atoms with E-state index in [1.165, 1.54) is 5.56 Å². The third-order valence-electron chi connectivity index (χ3n) is 3.22. The van der Waals surface area contributed by atoms with Gasteiger partial charge in [0.05, 0.1) is 19.3 Å². The Bertz CT molecular complexity index is 379. The summed E-state index contributed by atoms with van der Waals surface area (Å²) in [5.41, 5.74) is 1.25. The first-order valence-electron chi connectivity index (χ1n) is 6.69. The largest absolute Gasteiger partial charge is 0.491 e. The van der Waals surface area contributed by atoms with Crippen LogP contribution in [-0.2, 0) is 9.47 Å². The molecule has 1 atom stereocenters. The van der Waals surface area contributed by atoms with Crippen LogP contribution in [0.25, 0.3) is 0 Å². The quantitative estimate of drug-likeness (QED) is 0.828. The van der Waals surface area contributed by atoms with Gasteiger partial charge in [0.15, 0.2) is 0 Å². The molecule has 4 heteroatoms. The van der Waals surface area contributed by atoms with Crippen molar-refractivity contribution in [2.75, 3.05) is 33.5 Å². The Morgan fingerprint density at radius 1 is 1.26 bits per heavy atom. The Hall–Kier alpha value is -1.10. The van der Waals surface area contributed by atoms with Gasteiger partial charge in [0.2, 0.25) is 0 Å². The summed E-state index contributed by atoms with van der Waals surface area (Å²) in [6.45, 7) is 7.05. The van der Waals surface area contributed by atoms with Gasteiger partial charge in [0.1, 0.15) is 12.4 Å². The summed E-state index contributed by atoms with van der Waals surface area (Å²) in [6.07, 6.45) is 0.126. The second kappa shape index (κ2) is 6.37. The highest BCUT2D eigenvalue weighted by Gasteiger charge is 2.27. The zero-order chi connectivity index (χ0) is 13.7. The minimum absolute atomic E-state index is 0.0692. The molecule has 4 nitrogen and oxygen atoms in total. The predicted octanol–water partition coefficient (Wildman–Crippen LogP) is 2.15. The molecule has 1 aliphatic rings. The smallest absolute Gasteiger partial charge is 0.119 e. The number of morpholine rings is 1. The zero-order valence-electron chi connectivity index (χ0n) is 11.9. The number of nitrogens with one attached hydrogen (secondary N) is 1. The fourth-order valence-corrected chi connectivity index (χ4v) is 2.02. The van der Waals surface area contributed by atoms with Crippen LogP contribution in [-0.4, -0.2) is 39.0 Å². The molecule has 1 N–H and O–H groups in total. The average Bonchev–Trinajstić information content (AvgIpc) is 2.40. The standard InChI is InChI=1S/C15H23NO3/c1-15(2)11-19-14(10-16-15)12-4-6-13(7-5-12)18-9-8-17-3/h4-7,14,16H,8-11H2,1-3H3. The van der Waals surface area contributed by atoms with Crippen molar-refractivity contribution < 1.29 is 14.2 Å². The second-order valence-corrected chi connectivity index (χ2v) is 5.47. The van der Waals surface area contributed by atoms with Gasteiger partial charge in [-0.2, -0.15) is 0 Å². The third-order valence-corrected chi connectivity index (χ3v) is 3.22. The molecule has 0 aromatic heterocycles. The van der Waals surface area contributed by atoms with Crippen molar-refractivity contribution in [1.82, 2.24) is 5.32 Å². The number of rotatable bonds is 5. The van der Waals surface area contributed by atoms with Crippen LogP contribution in [0.1, 0.15) is 25.5 Å². The van der Waals surface area contributed by atoms with Crippen LogP contribution in [0.3, 0.4) is 0 Å². The molecule has 106 valence electrons. The molecule has 2 rings (SSSR count). The maximum atomic E-state index is 5.89. The summed E-state index contributed by atoms with van der Waals surface area (Å²) >= 11 is 0. The van der Waals surface area contributed by atoms with Crippen LogP contribution >= 0.6 is 0 Å². The fourth-order valence-electron chi connectivity index (χ4n) is 2.02. The van der Waals surface area contributed by atoms with Crippen molar-refractivity contribution in [2.24, 2.45) is 0 Å². The topological polar surface area (TPSA) is 39.7 Å². The molecule has 0 bridgehead atoms. The van der Waals surface area contributed by atoms with E-state index in [4.69, 9.17) is 14.2 Å². The summed E-state index contributed by atoms with van der Waals surface area (Å²) in [5, 5.41) is 3.49. The lowest BCUT2D eigenvalue weighted by Crippen LogP contribution is -2.50. The molecule has 0 aliphatic carbocycles. The molecule has 19 heavy (non-hydrogen) atoms. The van der Waals surface area contributed by atoms with Gasteiger partial charge < -0.3 is 19.5 Å². The molecular formula is C15H23NO3. The van der Waals surface area contributed by atoms with Crippen molar-refractivity contribution in [3.63, 3.8) is 0 Å². The van der Waals surface area contributed by atoms with Crippen molar-refractivity contribution in [2.45, 2.75) is 25.5 Å². The van der Waals surface area contributed by atoms with E-state index >= 15 is 0 Å². The zero-order valence-corrected chi connectivity index (χ0v) is 11.9. The second-order valence-electron chi connectivity index (χ2n) is 5.47. The molecule has 1 fully saturated rings. The first-order chi connectivity index (χ1) is 9.11. The van der Waals surface area contributed by atoms with Gasteiger partial charge in [-0.1, -0.05) is 12.1 Å². The Morgan fingerprint density at radius 3 is 2.58 bits per heavy atom. The summed E-state index contributed by atoms with van der Waals surface area (Å²) < 4.78 is 16.4. The van der Waals surface area contributed by atoms with Crippen LogP contribution in [0.15, 0.2) is 24.3 Å². The van der Waals surface area contributed by atoms with Gasteiger partial charge in [-0.25, -0.2) is 0 Å².